The molecule has 4 nitrogen and oxygen atoms in total. The third kappa shape index (κ3) is 4.02. The molecule has 2 aromatic carbocycles. The first kappa shape index (κ1) is 17.9. The van der Waals surface area contributed by atoms with Crippen molar-refractivity contribution in [1.29, 1.82) is 0 Å². The fraction of sp³-hybridized carbons (Fsp3) is 0.273. The smallest absolute Gasteiger partial charge is 0.272 e. The molecule has 3 rings (SSSR count). The van der Waals surface area contributed by atoms with E-state index < -0.39 is 0 Å². The number of rotatable bonds is 5. The number of nitrogens with zero attached hydrogens (tertiary/aromatic N) is 2. The molecule has 0 radical (unpaired) electrons. The highest BCUT2D eigenvalue weighted by atomic mass is 16.2. The van der Waals surface area contributed by atoms with E-state index in [2.05, 4.69) is 42.5 Å². The van der Waals surface area contributed by atoms with Crippen LogP contribution in [0.2, 0.25) is 0 Å². The summed E-state index contributed by atoms with van der Waals surface area (Å²) in [6.07, 6.45) is 0.802. The number of para-hydroxylation sites is 1. The van der Waals surface area contributed by atoms with Gasteiger partial charge in [0.05, 0.1) is 5.69 Å². The van der Waals surface area contributed by atoms with Crippen molar-refractivity contribution in [3.63, 3.8) is 0 Å². The molecule has 0 saturated heterocycles. The zero-order valence-corrected chi connectivity index (χ0v) is 15.8. The Kier molecular flexibility index (Phi) is 5.21. The number of nitrogens with one attached hydrogen (secondary N) is 1. The molecule has 134 valence electrons. The van der Waals surface area contributed by atoms with E-state index in [-0.39, 0.29) is 11.9 Å². The molecule has 0 aliphatic heterocycles. The predicted octanol–water partition coefficient (Wildman–Crippen LogP) is 4.16. The third-order valence-electron chi connectivity index (χ3n) is 4.52. The summed E-state index contributed by atoms with van der Waals surface area (Å²) >= 11 is 0. The van der Waals surface area contributed by atoms with Gasteiger partial charge in [0.1, 0.15) is 0 Å². The monoisotopic (exact) mass is 347 g/mol. The SMILES string of the molecule is Cc1ccc(CC(C)NC(=O)c2cc(C)n(-c3ccccc3)n2)c(C)c1. The Labute approximate surface area is 154 Å². The Morgan fingerprint density at radius 1 is 1.08 bits per heavy atom. The van der Waals surface area contributed by atoms with Gasteiger partial charge in [0.25, 0.3) is 5.91 Å². The van der Waals surface area contributed by atoms with Crippen LogP contribution in [0.1, 0.15) is 39.8 Å². The summed E-state index contributed by atoms with van der Waals surface area (Å²) in [4.78, 5) is 12.6. The second-order valence-corrected chi connectivity index (χ2v) is 6.93. The lowest BCUT2D eigenvalue weighted by atomic mass is 10.00. The van der Waals surface area contributed by atoms with Crippen LogP contribution in [-0.2, 0) is 6.42 Å². The average molecular weight is 347 g/mol. The first-order chi connectivity index (χ1) is 12.4. The molecular formula is C22H25N3O. The molecule has 1 atom stereocenters. The number of hydrogen-bond donors (Lipinski definition) is 1. The maximum Gasteiger partial charge on any atom is 0.272 e. The van der Waals surface area contributed by atoms with Crippen LogP contribution in [0.5, 0.6) is 0 Å². The van der Waals surface area contributed by atoms with Crippen molar-refractivity contribution >= 4 is 5.91 Å². The van der Waals surface area contributed by atoms with Crippen molar-refractivity contribution in [2.24, 2.45) is 0 Å². The van der Waals surface area contributed by atoms with Crippen LogP contribution in [0.4, 0.5) is 0 Å². The molecule has 0 saturated carbocycles. The molecule has 26 heavy (non-hydrogen) atoms. The van der Waals surface area contributed by atoms with Gasteiger partial charge in [-0.15, -0.1) is 0 Å². The minimum Gasteiger partial charge on any atom is -0.348 e. The Bertz CT molecular complexity index is 912. The van der Waals surface area contributed by atoms with Crippen LogP contribution < -0.4 is 5.32 Å². The number of amides is 1. The fourth-order valence-corrected chi connectivity index (χ4v) is 3.17. The summed E-state index contributed by atoms with van der Waals surface area (Å²) in [5.41, 5.74) is 6.10. The molecular weight excluding hydrogens is 322 g/mol. The van der Waals surface area contributed by atoms with Gasteiger partial charge < -0.3 is 5.32 Å². The highest BCUT2D eigenvalue weighted by Crippen LogP contribution is 2.14. The maximum atomic E-state index is 12.6. The van der Waals surface area contributed by atoms with Crippen molar-refractivity contribution in [3.05, 3.63) is 82.7 Å². The molecule has 0 bridgehead atoms. The molecule has 0 aliphatic rings. The Hall–Kier alpha value is -2.88. The van der Waals surface area contributed by atoms with Crippen LogP contribution in [0.25, 0.3) is 5.69 Å². The average Bonchev–Trinajstić information content (AvgIpc) is 3.00. The van der Waals surface area contributed by atoms with Gasteiger partial charge in [-0.1, -0.05) is 42.0 Å². The third-order valence-corrected chi connectivity index (χ3v) is 4.52. The summed E-state index contributed by atoms with van der Waals surface area (Å²) in [7, 11) is 0. The number of benzene rings is 2. The van der Waals surface area contributed by atoms with Gasteiger partial charge in [-0.05, 0) is 63.4 Å². The first-order valence-electron chi connectivity index (χ1n) is 8.93. The largest absolute Gasteiger partial charge is 0.348 e. The summed E-state index contributed by atoms with van der Waals surface area (Å²) in [6.45, 7) is 8.18. The number of aromatic nitrogens is 2. The second-order valence-electron chi connectivity index (χ2n) is 6.93. The lowest BCUT2D eigenvalue weighted by Crippen LogP contribution is -2.34. The topological polar surface area (TPSA) is 46.9 Å². The second kappa shape index (κ2) is 7.56. The summed E-state index contributed by atoms with van der Waals surface area (Å²) in [5.74, 6) is -0.139. The van der Waals surface area contributed by atoms with Crippen LogP contribution in [-0.4, -0.2) is 21.7 Å². The van der Waals surface area contributed by atoms with Gasteiger partial charge in [-0.2, -0.15) is 5.10 Å². The summed E-state index contributed by atoms with van der Waals surface area (Å²) < 4.78 is 1.80. The lowest BCUT2D eigenvalue weighted by molar-refractivity contribution is 0.0934. The standard InChI is InChI=1S/C22H25N3O/c1-15-10-11-19(16(2)12-15)13-17(3)23-22(26)21-14-18(4)25(24-21)20-8-6-5-7-9-20/h5-12,14,17H,13H2,1-4H3,(H,23,26). The van der Waals surface area contributed by atoms with E-state index in [0.717, 1.165) is 17.8 Å². The van der Waals surface area contributed by atoms with Gasteiger partial charge in [-0.3, -0.25) is 4.79 Å². The molecule has 1 aromatic heterocycles. The molecule has 4 heteroatoms. The highest BCUT2D eigenvalue weighted by Gasteiger charge is 2.16. The van der Waals surface area contributed by atoms with Crippen LogP contribution >= 0.6 is 0 Å². The zero-order valence-electron chi connectivity index (χ0n) is 15.8. The van der Waals surface area contributed by atoms with E-state index >= 15 is 0 Å². The van der Waals surface area contributed by atoms with Crippen LogP contribution in [0.15, 0.2) is 54.6 Å². The molecule has 1 heterocycles. The van der Waals surface area contributed by atoms with Crippen molar-refractivity contribution in [2.45, 2.75) is 40.2 Å². The van der Waals surface area contributed by atoms with Gasteiger partial charge in [-0.25, -0.2) is 4.68 Å². The number of hydrogen-bond acceptors (Lipinski definition) is 2. The molecule has 0 aliphatic carbocycles. The minimum absolute atomic E-state index is 0.0334. The Morgan fingerprint density at radius 2 is 1.81 bits per heavy atom. The number of carbonyl (C=O) groups excluding carboxylic acids is 1. The number of aryl methyl sites for hydroxylation is 3. The Balaban J connectivity index is 1.70. The minimum atomic E-state index is -0.139. The van der Waals surface area contributed by atoms with Gasteiger partial charge in [0.2, 0.25) is 0 Å². The normalized spacial score (nSPS) is 12.0. The maximum absolute atomic E-state index is 12.6. The van der Waals surface area contributed by atoms with Gasteiger partial charge in [0.15, 0.2) is 5.69 Å². The van der Waals surface area contributed by atoms with Crippen LogP contribution in [0.3, 0.4) is 0 Å². The molecule has 3 aromatic rings. The first-order valence-corrected chi connectivity index (χ1v) is 8.93. The van der Waals surface area contributed by atoms with Gasteiger partial charge >= 0.3 is 0 Å². The quantitative estimate of drug-likeness (QED) is 0.753. The summed E-state index contributed by atoms with van der Waals surface area (Å²) in [6, 6.07) is 18.1. The molecule has 1 amide bonds. The lowest BCUT2D eigenvalue weighted by Gasteiger charge is -2.15. The van der Waals surface area contributed by atoms with E-state index in [1.165, 1.54) is 16.7 Å². The molecule has 1 N–H and O–H groups in total. The zero-order chi connectivity index (χ0) is 18.7. The van der Waals surface area contributed by atoms with Crippen molar-refractivity contribution in [3.8, 4) is 5.69 Å². The number of carbonyl (C=O) groups is 1. The Morgan fingerprint density at radius 3 is 2.50 bits per heavy atom. The van der Waals surface area contributed by atoms with Crippen molar-refractivity contribution in [1.82, 2.24) is 15.1 Å². The van der Waals surface area contributed by atoms with E-state index in [0.29, 0.717) is 5.69 Å². The van der Waals surface area contributed by atoms with Gasteiger partial charge in [0, 0.05) is 11.7 Å². The summed E-state index contributed by atoms with van der Waals surface area (Å²) in [5, 5.41) is 7.54. The molecule has 1 unspecified atom stereocenters. The van der Waals surface area contributed by atoms with E-state index in [4.69, 9.17) is 0 Å². The van der Waals surface area contributed by atoms with E-state index in [1.807, 2.05) is 50.2 Å². The van der Waals surface area contributed by atoms with Crippen molar-refractivity contribution in [2.75, 3.05) is 0 Å². The van der Waals surface area contributed by atoms with Crippen molar-refractivity contribution < 1.29 is 4.79 Å². The van der Waals surface area contributed by atoms with Crippen LogP contribution in [0, 0.1) is 20.8 Å². The molecule has 0 fully saturated rings. The fourth-order valence-electron chi connectivity index (χ4n) is 3.17. The van der Waals surface area contributed by atoms with E-state index in [1.54, 1.807) is 4.68 Å². The van der Waals surface area contributed by atoms with E-state index in [9.17, 15) is 4.79 Å². The predicted molar refractivity (Wildman–Crippen MR) is 105 cm³/mol. The molecule has 0 spiro atoms. The highest BCUT2D eigenvalue weighted by molar-refractivity contribution is 5.92.